The largest absolute Gasteiger partial charge is 0.302 e. The molecule has 124 valence electrons. The summed E-state index contributed by atoms with van der Waals surface area (Å²) in [6.07, 6.45) is 2.43. The van der Waals surface area contributed by atoms with Crippen LogP contribution in [0.4, 0.5) is 8.78 Å². The van der Waals surface area contributed by atoms with Gasteiger partial charge in [0, 0.05) is 29.2 Å². The van der Waals surface area contributed by atoms with E-state index in [4.69, 9.17) is 0 Å². The maximum atomic E-state index is 13.7. The van der Waals surface area contributed by atoms with Crippen LogP contribution < -0.4 is 0 Å². The van der Waals surface area contributed by atoms with Gasteiger partial charge in [-0.3, -0.25) is 0 Å². The molecule has 0 saturated carbocycles. The zero-order valence-electron chi connectivity index (χ0n) is 12.8. The first kappa shape index (κ1) is 16.9. The van der Waals surface area contributed by atoms with E-state index in [2.05, 4.69) is 16.8 Å². The minimum absolute atomic E-state index is 0.0514. The van der Waals surface area contributed by atoms with Crippen molar-refractivity contribution in [1.82, 2.24) is 14.8 Å². The Morgan fingerprint density at radius 1 is 1.17 bits per heavy atom. The molecule has 0 N–H and O–H groups in total. The van der Waals surface area contributed by atoms with E-state index in [0.29, 0.717) is 18.1 Å². The smallest absolute Gasteiger partial charge is 0.191 e. The van der Waals surface area contributed by atoms with E-state index in [9.17, 15) is 8.78 Å². The van der Waals surface area contributed by atoms with Gasteiger partial charge in [0.2, 0.25) is 0 Å². The number of hydrogen-bond acceptors (Lipinski definition) is 4. The summed E-state index contributed by atoms with van der Waals surface area (Å²) in [6, 6.07) is 7.91. The van der Waals surface area contributed by atoms with Crippen LogP contribution in [0.2, 0.25) is 0 Å². The maximum Gasteiger partial charge on any atom is 0.191 e. The lowest BCUT2D eigenvalue weighted by molar-refractivity contribution is 0.566. The zero-order chi connectivity index (χ0) is 16.9. The molecule has 0 unspecified atom stereocenters. The monoisotopic (exact) mass is 363 g/mol. The molecule has 24 heavy (non-hydrogen) atoms. The van der Waals surface area contributed by atoms with E-state index < -0.39 is 11.6 Å². The minimum atomic E-state index is -0.545. The molecule has 0 amide bonds. The van der Waals surface area contributed by atoms with Crippen molar-refractivity contribution in [2.75, 3.05) is 0 Å². The van der Waals surface area contributed by atoms with E-state index in [1.54, 1.807) is 17.4 Å². The fraction of sp³-hybridized carbons (Fsp3) is 0.176. The first-order valence-corrected chi connectivity index (χ1v) is 9.16. The number of allylic oxidation sites excluding steroid dienone is 1. The Hall–Kier alpha value is -1.99. The molecule has 2 heterocycles. The molecule has 0 fully saturated rings. The molecule has 0 aliphatic rings. The number of nitrogens with zero attached hydrogens (tertiary/aromatic N) is 3. The van der Waals surface area contributed by atoms with Crippen molar-refractivity contribution >= 4 is 23.1 Å². The van der Waals surface area contributed by atoms with Crippen molar-refractivity contribution in [3.63, 3.8) is 0 Å². The lowest BCUT2D eigenvalue weighted by Gasteiger charge is -2.08. The topological polar surface area (TPSA) is 30.7 Å². The summed E-state index contributed by atoms with van der Waals surface area (Å²) < 4.78 is 29.4. The van der Waals surface area contributed by atoms with Gasteiger partial charge in [-0.15, -0.1) is 28.1 Å². The van der Waals surface area contributed by atoms with Crippen LogP contribution in [0.25, 0.3) is 0 Å². The Morgan fingerprint density at radius 2 is 1.96 bits per heavy atom. The average Bonchev–Trinajstić information content (AvgIpc) is 3.19. The number of thioether (sulfide) groups is 1. The van der Waals surface area contributed by atoms with Crippen LogP contribution in [-0.4, -0.2) is 14.8 Å². The number of aromatic nitrogens is 3. The zero-order valence-corrected chi connectivity index (χ0v) is 14.4. The van der Waals surface area contributed by atoms with Gasteiger partial charge in [-0.25, -0.2) is 8.78 Å². The van der Waals surface area contributed by atoms with Crippen molar-refractivity contribution in [2.24, 2.45) is 0 Å². The summed E-state index contributed by atoms with van der Waals surface area (Å²) in [6.45, 7) is 4.31. The summed E-state index contributed by atoms with van der Waals surface area (Å²) in [5, 5.41) is 11.1. The van der Waals surface area contributed by atoms with Crippen molar-refractivity contribution < 1.29 is 8.78 Å². The second-order valence-corrected chi connectivity index (χ2v) is 7.02. The first-order chi connectivity index (χ1) is 11.7. The Balaban J connectivity index is 1.80. The summed E-state index contributed by atoms with van der Waals surface area (Å²) in [5.41, 5.74) is 0.0514. The Bertz CT molecular complexity index is 808. The molecule has 0 saturated heterocycles. The third kappa shape index (κ3) is 3.73. The Morgan fingerprint density at radius 3 is 2.62 bits per heavy atom. The van der Waals surface area contributed by atoms with Crippen molar-refractivity contribution in [3.05, 3.63) is 76.3 Å². The third-order valence-electron chi connectivity index (χ3n) is 3.42. The molecule has 0 spiro atoms. The summed E-state index contributed by atoms with van der Waals surface area (Å²) in [4.78, 5) is 1.18. The van der Waals surface area contributed by atoms with Gasteiger partial charge in [-0.2, -0.15) is 0 Å². The van der Waals surface area contributed by atoms with Gasteiger partial charge in [-0.1, -0.05) is 30.0 Å². The molecule has 0 aliphatic carbocycles. The number of halogens is 2. The normalized spacial score (nSPS) is 10.9. The van der Waals surface area contributed by atoms with Gasteiger partial charge >= 0.3 is 0 Å². The van der Waals surface area contributed by atoms with Crippen LogP contribution in [0.1, 0.15) is 16.3 Å². The lowest BCUT2D eigenvalue weighted by atomic mass is 10.2. The van der Waals surface area contributed by atoms with E-state index in [0.717, 1.165) is 5.82 Å². The molecule has 1 aromatic carbocycles. The van der Waals surface area contributed by atoms with Crippen LogP contribution >= 0.6 is 23.1 Å². The van der Waals surface area contributed by atoms with Gasteiger partial charge in [0.05, 0.1) is 0 Å². The molecule has 3 nitrogen and oxygen atoms in total. The van der Waals surface area contributed by atoms with Crippen LogP contribution in [0.15, 0.2) is 53.5 Å². The fourth-order valence-corrected chi connectivity index (χ4v) is 3.93. The van der Waals surface area contributed by atoms with Gasteiger partial charge in [0.1, 0.15) is 17.5 Å². The Labute approximate surface area is 147 Å². The summed E-state index contributed by atoms with van der Waals surface area (Å²) >= 11 is 2.92. The molecule has 0 bridgehead atoms. The molecule has 0 aliphatic heterocycles. The quantitative estimate of drug-likeness (QED) is 0.451. The highest BCUT2D eigenvalue weighted by Crippen LogP contribution is 2.26. The van der Waals surface area contributed by atoms with E-state index in [1.165, 1.54) is 34.8 Å². The molecular weight excluding hydrogens is 348 g/mol. The standard InChI is InChI=1S/C17H15F2N3S2/c1-2-8-22-16(10-12-5-4-9-23-12)20-21-17(22)24-11-13-14(18)6-3-7-15(13)19/h2-7,9H,1,8,10-11H2. The lowest BCUT2D eigenvalue weighted by Crippen LogP contribution is -2.04. The highest BCUT2D eigenvalue weighted by molar-refractivity contribution is 7.98. The second-order valence-electron chi connectivity index (χ2n) is 5.04. The molecule has 3 rings (SSSR count). The molecule has 0 radical (unpaired) electrons. The SMILES string of the molecule is C=CCn1c(Cc2cccs2)nnc1SCc1c(F)cccc1F. The molecule has 3 aromatic rings. The molecular formula is C17H15F2N3S2. The van der Waals surface area contributed by atoms with Crippen molar-refractivity contribution in [2.45, 2.75) is 23.9 Å². The van der Waals surface area contributed by atoms with Crippen LogP contribution in [0.5, 0.6) is 0 Å². The van der Waals surface area contributed by atoms with Crippen molar-refractivity contribution in [1.29, 1.82) is 0 Å². The molecule has 0 atom stereocenters. The number of rotatable bonds is 7. The second kappa shape index (κ2) is 7.72. The maximum absolute atomic E-state index is 13.7. The predicted molar refractivity (Wildman–Crippen MR) is 93.3 cm³/mol. The highest BCUT2D eigenvalue weighted by Gasteiger charge is 2.15. The molecule has 2 aromatic heterocycles. The summed E-state index contributed by atoms with van der Waals surface area (Å²) in [7, 11) is 0. The average molecular weight is 363 g/mol. The molecule has 7 heteroatoms. The summed E-state index contributed by atoms with van der Waals surface area (Å²) in [5.74, 6) is -0.117. The van der Waals surface area contributed by atoms with Crippen molar-refractivity contribution in [3.8, 4) is 0 Å². The number of benzene rings is 1. The van der Waals surface area contributed by atoms with Gasteiger partial charge in [-0.05, 0) is 23.6 Å². The number of hydrogen-bond donors (Lipinski definition) is 0. The van der Waals surface area contributed by atoms with Crippen LogP contribution in [-0.2, 0) is 18.7 Å². The predicted octanol–water partition coefficient (Wildman–Crippen LogP) is 4.69. The van der Waals surface area contributed by atoms with E-state index >= 15 is 0 Å². The van der Waals surface area contributed by atoms with Crippen LogP contribution in [0, 0.1) is 11.6 Å². The third-order valence-corrected chi connectivity index (χ3v) is 5.29. The number of thiophene rings is 1. The van der Waals surface area contributed by atoms with Gasteiger partial charge in [0.15, 0.2) is 5.16 Å². The van der Waals surface area contributed by atoms with E-state index in [1.807, 2.05) is 22.1 Å². The van der Waals surface area contributed by atoms with Gasteiger partial charge in [0.25, 0.3) is 0 Å². The van der Waals surface area contributed by atoms with Crippen LogP contribution in [0.3, 0.4) is 0 Å². The minimum Gasteiger partial charge on any atom is -0.302 e. The van der Waals surface area contributed by atoms with Gasteiger partial charge < -0.3 is 4.57 Å². The first-order valence-electron chi connectivity index (χ1n) is 7.30. The van der Waals surface area contributed by atoms with E-state index in [-0.39, 0.29) is 11.3 Å². The Kier molecular flexibility index (Phi) is 5.42. The highest BCUT2D eigenvalue weighted by atomic mass is 32.2. The fourth-order valence-electron chi connectivity index (χ4n) is 2.24.